The lowest BCUT2D eigenvalue weighted by atomic mass is 9.95. The summed E-state index contributed by atoms with van der Waals surface area (Å²) in [6.45, 7) is 4.91. The molecule has 4 rings (SSSR count). The quantitative estimate of drug-likeness (QED) is 0.851. The van der Waals surface area contributed by atoms with Crippen LogP contribution in [-0.2, 0) is 16.1 Å². The zero-order chi connectivity index (χ0) is 16.6. The van der Waals surface area contributed by atoms with Crippen molar-refractivity contribution in [2.75, 3.05) is 39.4 Å². The normalized spacial score (nSPS) is 29.0. The Morgan fingerprint density at radius 1 is 1.25 bits per heavy atom. The summed E-state index contributed by atoms with van der Waals surface area (Å²) in [4.78, 5) is 25.1. The first-order valence-corrected chi connectivity index (χ1v) is 8.77. The Kier molecular flexibility index (Phi) is 4.24. The fourth-order valence-corrected chi connectivity index (χ4v) is 3.70. The molecule has 0 amide bonds. The summed E-state index contributed by atoms with van der Waals surface area (Å²) in [5, 5.41) is 9.64. The maximum atomic E-state index is 11.7. The molecule has 3 heterocycles. The van der Waals surface area contributed by atoms with E-state index in [1.165, 1.54) is 12.8 Å². The Bertz CT molecular complexity index is 588. The fourth-order valence-electron chi connectivity index (χ4n) is 3.70. The van der Waals surface area contributed by atoms with Gasteiger partial charge in [0.25, 0.3) is 0 Å². The van der Waals surface area contributed by atoms with Gasteiger partial charge in [0.2, 0.25) is 0 Å². The van der Waals surface area contributed by atoms with E-state index in [-0.39, 0.29) is 0 Å². The number of nitrogens with zero attached hydrogens (tertiary/aromatic N) is 4. The van der Waals surface area contributed by atoms with Crippen molar-refractivity contribution >= 4 is 5.97 Å². The third-order valence-corrected chi connectivity index (χ3v) is 5.45. The van der Waals surface area contributed by atoms with Crippen LogP contribution in [0, 0.1) is 0 Å². The van der Waals surface area contributed by atoms with Gasteiger partial charge in [0, 0.05) is 69.6 Å². The molecule has 3 fully saturated rings. The highest BCUT2D eigenvalue weighted by Crippen LogP contribution is 2.37. The lowest BCUT2D eigenvalue weighted by molar-refractivity contribution is -0.153. The van der Waals surface area contributed by atoms with Crippen molar-refractivity contribution in [2.24, 2.45) is 0 Å². The zero-order valence-corrected chi connectivity index (χ0v) is 13.9. The molecule has 1 unspecified atom stereocenters. The molecule has 2 saturated heterocycles. The first kappa shape index (κ1) is 15.9. The van der Waals surface area contributed by atoms with Crippen molar-refractivity contribution in [1.29, 1.82) is 0 Å². The molecule has 1 aromatic rings. The van der Waals surface area contributed by atoms with E-state index in [1.54, 1.807) is 0 Å². The van der Waals surface area contributed by atoms with Crippen molar-refractivity contribution in [2.45, 2.75) is 37.3 Å². The summed E-state index contributed by atoms with van der Waals surface area (Å²) in [5.41, 5.74) is 0.311. The highest BCUT2D eigenvalue weighted by molar-refractivity contribution is 5.79. The molecule has 1 atom stereocenters. The molecule has 1 aliphatic carbocycles. The van der Waals surface area contributed by atoms with Crippen LogP contribution < -0.4 is 0 Å². The van der Waals surface area contributed by atoms with E-state index >= 15 is 0 Å². The van der Waals surface area contributed by atoms with Crippen molar-refractivity contribution in [3.63, 3.8) is 0 Å². The SMILES string of the molecule is O=C(O)C1(N2CCN(Cc3cnc(C4CC4)nc3)CC2)CCOC1. The molecule has 3 aliphatic rings. The number of ether oxygens (including phenoxy) is 1. The van der Waals surface area contributed by atoms with Crippen LogP contribution in [0.5, 0.6) is 0 Å². The summed E-state index contributed by atoms with van der Waals surface area (Å²) in [7, 11) is 0. The van der Waals surface area contributed by atoms with Gasteiger partial charge in [0.15, 0.2) is 0 Å². The van der Waals surface area contributed by atoms with Gasteiger partial charge in [-0.05, 0) is 12.8 Å². The highest BCUT2D eigenvalue weighted by atomic mass is 16.5. The molecule has 1 aromatic heterocycles. The Morgan fingerprint density at radius 3 is 2.50 bits per heavy atom. The van der Waals surface area contributed by atoms with Crippen LogP contribution in [0.25, 0.3) is 0 Å². The molecule has 130 valence electrons. The van der Waals surface area contributed by atoms with E-state index in [4.69, 9.17) is 4.74 Å². The van der Waals surface area contributed by atoms with Crippen LogP contribution in [-0.4, -0.2) is 75.8 Å². The molecule has 2 aliphatic heterocycles. The first-order chi connectivity index (χ1) is 11.7. The molecule has 0 radical (unpaired) electrons. The maximum Gasteiger partial charge on any atom is 0.326 e. The zero-order valence-electron chi connectivity index (χ0n) is 13.9. The van der Waals surface area contributed by atoms with Gasteiger partial charge in [-0.15, -0.1) is 0 Å². The van der Waals surface area contributed by atoms with E-state index < -0.39 is 11.5 Å². The lowest BCUT2D eigenvalue weighted by Crippen LogP contribution is -2.61. The Morgan fingerprint density at radius 2 is 1.96 bits per heavy atom. The van der Waals surface area contributed by atoms with E-state index in [0.29, 0.717) is 25.6 Å². The monoisotopic (exact) mass is 332 g/mol. The largest absolute Gasteiger partial charge is 0.480 e. The van der Waals surface area contributed by atoms with Gasteiger partial charge in [0.1, 0.15) is 11.4 Å². The second-order valence-electron chi connectivity index (χ2n) is 7.13. The van der Waals surface area contributed by atoms with Crippen LogP contribution in [0.2, 0.25) is 0 Å². The highest BCUT2D eigenvalue weighted by Gasteiger charge is 2.48. The van der Waals surface area contributed by atoms with Crippen LogP contribution in [0.3, 0.4) is 0 Å². The predicted octanol–water partition coefficient (Wildman–Crippen LogP) is 0.715. The van der Waals surface area contributed by atoms with Crippen LogP contribution in [0.4, 0.5) is 0 Å². The summed E-state index contributed by atoms with van der Waals surface area (Å²) >= 11 is 0. The van der Waals surface area contributed by atoms with Crippen LogP contribution >= 0.6 is 0 Å². The number of carboxylic acid groups (broad SMARTS) is 1. The standard InChI is InChI=1S/C17H24N4O3/c22-16(23)17(3-8-24-12-17)21-6-4-20(5-7-21)11-13-9-18-15(19-10-13)14-1-2-14/h9-10,14H,1-8,11-12H2,(H,22,23). The predicted molar refractivity (Wildman–Crippen MR) is 86.7 cm³/mol. The third-order valence-electron chi connectivity index (χ3n) is 5.45. The van der Waals surface area contributed by atoms with Crippen molar-refractivity contribution < 1.29 is 14.6 Å². The molecule has 7 heteroatoms. The minimum absolute atomic E-state index is 0.304. The van der Waals surface area contributed by atoms with E-state index in [0.717, 1.165) is 44.1 Å². The number of carboxylic acids is 1. The first-order valence-electron chi connectivity index (χ1n) is 8.77. The summed E-state index contributed by atoms with van der Waals surface area (Å²) < 4.78 is 5.38. The van der Waals surface area contributed by atoms with E-state index in [2.05, 4.69) is 19.8 Å². The average molecular weight is 332 g/mol. The van der Waals surface area contributed by atoms with Crippen molar-refractivity contribution in [3.05, 3.63) is 23.8 Å². The van der Waals surface area contributed by atoms with Crippen molar-refractivity contribution in [1.82, 2.24) is 19.8 Å². The number of hydrogen-bond donors (Lipinski definition) is 1. The second kappa shape index (κ2) is 6.38. The van der Waals surface area contributed by atoms with Crippen molar-refractivity contribution in [3.8, 4) is 0 Å². The number of rotatable bonds is 5. The van der Waals surface area contributed by atoms with Gasteiger partial charge >= 0.3 is 5.97 Å². The molecule has 1 N–H and O–H groups in total. The van der Waals surface area contributed by atoms with Gasteiger partial charge in [-0.1, -0.05) is 0 Å². The Hall–Kier alpha value is -1.57. The summed E-state index contributed by atoms with van der Waals surface area (Å²) in [6, 6.07) is 0. The minimum Gasteiger partial charge on any atom is -0.480 e. The topological polar surface area (TPSA) is 78.8 Å². The number of aliphatic carboxylic acids is 1. The van der Waals surface area contributed by atoms with Gasteiger partial charge in [0.05, 0.1) is 6.61 Å². The van der Waals surface area contributed by atoms with Gasteiger partial charge in [-0.25, -0.2) is 9.97 Å². The number of hydrogen-bond acceptors (Lipinski definition) is 6. The summed E-state index contributed by atoms with van der Waals surface area (Å²) in [5.74, 6) is 0.814. The molecular formula is C17H24N4O3. The molecular weight excluding hydrogens is 308 g/mol. The number of carbonyl (C=O) groups is 1. The molecule has 0 aromatic carbocycles. The maximum absolute atomic E-state index is 11.7. The third kappa shape index (κ3) is 3.03. The molecule has 1 saturated carbocycles. The molecule has 0 spiro atoms. The smallest absolute Gasteiger partial charge is 0.326 e. The van der Waals surface area contributed by atoms with Gasteiger partial charge < -0.3 is 9.84 Å². The van der Waals surface area contributed by atoms with Gasteiger partial charge in [-0.2, -0.15) is 0 Å². The fraction of sp³-hybridized carbons (Fsp3) is 0.706. The average Bonchev–Trinajstić information content (AvgIpc) is 3.32. The lowest BCUT2D eigenvalue weighted by Gasteiger charge is -2.42. The minimum atomic E-state index is -0.818. The van der Waals surface area contributed by atoms with Gasteiger partial charge in [-0.3, -0.25) is 14.6 Å². The Labute approximate surface area is 141 Å². The molecule has 7 nitrogen and oxygen atoms in total. The second-order valence-corrected chi connectivity index (χ2v) is 7.13. The number of piperazine rings is 1. The van der Waals surface area contributed by atoms with E-state index in [1.807, 2.05) is 12.4 Å². The van der Waals surface area contributed by atoms with E-state index in [9.17, 15) is 9.90 Å². The van der Waals surface area contributed by atoms with Crippen LogP contribution in [0.15, 0.2) is 12.4 Å². The molecule has 24 heavy (non-hydrogen) atoms. The number of aromatic nitrogens is 2. The van der Waals surface area contributed by atoms with Crippen LogP contribution in [0.1, 0.15) is 36.6 Å². The Balaban J connectivity index is 1.33. The summed E-state index contributed by atoms with van der Waals surface area (Å²) in [6.07, 6.45) is 6.90. The molecule has 0 bridgehead atoms.